The van der Waals surface area contributed by atoms with Crippen molar-refractivity contribution in [3.8, 4) is 17.2 Å². The molecular formula is C24H25F6N3O4S. The van der Waals surface area contributed by atoms with Crippen molar-refractivity contribution in [1.82, 2.24) is 10.6 Å². The van der Waals surface area contributed by atoms with Gasteiger partial charge in [-0.3, -0.25) is 4.79 Å². The molecule has 2 aromatic carbocycles. The predicted octanol–water partition coefficient (Wildman–Crippen LogP) is 5.91. The topological polar surface area (TPSA) is 80.9 Å². The van der Waals surface area contributed by atoms with Crippen molar-refractivity contribution in [3.05, 3.63) is 48.0 Å². The normalized spacial score (nSPS) is 17.4. The number of ether oxygens (including phenoxy) is 3. The van der Waals surface area contributed by atoms with Crippen LogP contribution in [0.1, 0.15) is 43.0 Å². The highest BCUT2D eigenvalue weighted by Crippen LogP contribution is 2.32. The molecule has 208 valence electrons. The van der Waals surface area contributed by atoms with Crippen molar-refractivity contribution in [2.24, 2.45) is 0 Å². The first kappa shape index (κ1) is 29.1. The number of rotatable bonds is 9. The molecule has 1 aliphatic rings. The Bertz CT molecular complexity index is 1130. The molecule has 14 heteroatoms. The smallest absolute Gasteiger partial charge is 0.490 e. The van der Waals surface area contributed by atoms with Gasteiger partial charge >= 0.3 is 12.7 Å². The van der Waals surface area contributed by atoms with E-state index in [9.17, 15) is 31.1 Å². The average molecular weight is 566 g/mol. The Kier molecular flexibility index (Phi) is 9.52. The number of carbonyl (C=O) groups excluding carboxylic acids is 1. The number of benzene rings is 2. The number of alkyl halides is 6. The Morgan fingerprint density at radius 2 is 1.74 bits per heavy atom. The van der Waals surface area contributed by atoms with Crippen LogP contribution in [0, 0.1) is 0 Å². The summed E-state index contributed by atoms with van der Waals surface area (Å²) in [6, 6.07) is 8.62. The lowest BCUT2D eigenvalue weighted by molar-refractivity contribution is -0.275. The van der Waals surface area contributed by atoms with Crippen LogP contribution in [-0.2, 0) is 0 Å². The molecule has 2 unspecified atom stereocenters. The Morgan fingerprint density at radius 3 is 2.42 bits per heavy atom. The minimum absolute atomic E-state index is 0.130. The number of carbonyl (C=O) groups is 1. The van der Waals surface area contributed by atoms with Gasteiger partial charge in [-0.05, 0) is 61.8 Å². The van der Waals surface area contributed by atoms with Crippen molar-refractivity contribution in [2.45, 2.75) is 57.5 Å². The van der Waals surface area contributed by atoms with Crippen LogP contribution in [0.5, 0.6) is 17.2 Å². The Hall–Kier alpha value is -3.42. The first-order valence-corrected chi connectivity index (χ1v) is 12.0. The highest BCUT2D eigenvalue weighted by Gasteiger charge is 2.34. The van der Waals surface area contributed by atoms with E-state index in [-0.39, 0.29) is 35.1 Å². The Balaban J connectivity index is 1.58. The summed E-state index contributed by atoms with van der Waals surface area (Å²) in [6.07, 6.45) is -7.79. The van der Waals surface area contributed by atoms with Crippen molar-refractivity contribution in [2.75, 3.05) is 11.9 Å². The van der Waals surface area contributed by atoms with Gasteiger partial charge in [0.2, 0.25) is 0 Å². The maximum Gasteiger partial charge on any atom is 0.573 e. The molecular weight excluding hydrogens is 540 g/mol. The molecule has 3 rings (SSSR count). The Morgan fingerprint density at radius 1 is 1.00 bits per heavy atom. The fraction of sp³-hybridized carbons (Fsp3) is 0.417. The van der Waals surface area contributed by atoms with Crippen LogP contribution in [0.2, 0.25) is 0 Å². The zero-order chi connectivity index (χ0) is 27.9. The second-order valence-electron chi connectivity index (χ2n) is 8.39. The van der Waals surface area contributed by atoms with Gasteiger partial charge in [0.05, 0.1) is 5.56 Å². The molecule has 0 spiro atoms. The first-order valence-electron chi connectivity index (χ1n) is 11.6. The SMILES string of the molecule is CCCNC(=O)c1cc(OC2CCC(NC(=S)Nc3cccc(OC(F)(F)F)c3)C2)ccc1OC(F)(F)F. The number of halogens is 6. The number of amides is 1. The summed E-state index contributed by atoms with van der Waals surface area (Å²) in [5.74, 6) is -1.54. The van der Waals surface area contributed by atoms with Crippen LogP contribution in [0.4, 0.5) is 32.0 Å². The maximum atomic E-state index is 12.8. The largest absolute Gasteiger partial charge is 0.573 e. The van der Waals surface area contributed by atoms with Crippen molar-refractivity contribution in [3.63, 3.8) is 0 Å². The van der Waals surface area contributed by atoms with Gasteiger partial charge in [-0.25, -0.2) is 0 Å². The van der Waals surface area contributed by atoms with E-state index in [1.165, 1.54) is 24.3 Å². The highest BCUT2D eigenvalue weighted by atomic mass is 32.1. The zero-order valence-corrected chi connectivity index (χ0v) is 20.9. The van der Waals surface area contributed by atoms with Gasteiger partial charge in [-0.2, -0.15) is 0 Å². The van der Waals surface area contributed by atoms with Gasteiger partial charge in [0.15, 0.2) is 5.11 Å². The molecule has 0 aromatic heterocycles. The van der Waals surface area contributed by atoms with Crippen LogP contribution in [0.15, 0.2) is 42.5 Å². The predicted molar refractivity (Wildman–Crippen MR) is 130 cm³/mol. The fourth-order valence-corrected chi connectivity index (χ4v) is 4.09. The lowest BCUT2D eigenvalue weighted by atomic mass is 10.1. The number of hydrogen-bond acceptors (Lipinski definition) is 5. The standard InChI is InChI=1S/C24H25F6N3O4S/c1-2-10-31-21(34)19-13-17(8-9-20(19)37-24(28,29)30)35-16-7-6-15(11-16)33-22(38)32-14-4-3-5-18(12-14)36-23(25,26)27/h3-5,8-9,12-13,15-16H,2,6-7,10-11H2,1H3,(H,31,34)(H2,32,33,38). The quantitative estimate of drug-likeness (QED) is 0.258. The third-order valence-electron chi connectivity index (χ3n) is 5.30. The van der Waals surface area contributed by atoms with Crippen LogP contribution < -0.4 is 30.2 Å². The van der Waals surface area contributed by atoms with Crippen molar-refractivity contribution >= 4 is 28.9 Å². The third kappa shape index (κ3) is 9.47. The molecule has 1 fully saturated rings. The summed E-state index contributed by atoms with van der Waals surface area (Å²) in [7, 11) is 0. The number of nitrogens with one attached hydrogen (secondary N) is 3. The molecule has 0 aliphatic heterocycles. The molecule has 2 aromatic rings. The summed E-state index contributed by atoms with van der Waals surface area (Å²) in [4.78, 5) is 12.4. The molecule has 0 heterocycles. The van der Waals surface area contributed by atoms with Crippen LogP contribution >= 0.6 is 12.2 Å². The molecule has 1 saturated carbocycles. The fourth-order valence-electron chi connectivity index (χ4n) is 3.80. The van der Waals surface area contributed by atoms with Gasteiger partial charge in [-0.1, -0.05) is 13.0 Å². The van der Waals surface area contributed by atoms with E-state index in [1.807, 2.05) is 0 Å². The summed E-state index contributed by atoms with van der Waals surface area (Å²) in [6.45, 7) is 2.08. The monoisotopic (exact) mass is 565 g/mol. The lowest BCUT2D eigenvalue weighted by Crippen LogP contribution is -2.36. The van der Waals surface area contributed by atoms with Gasteiger partial charge in [0.25, 0.3) is 5.91 Å². The minimum Gasteiger partial charge on any atom is -0.490 e. The summed E-state index contributed by atoms with van der Waals surface area (Å²) >= 11 is 5.26. The Labute approximate surface area is 219 Å². The molecule has 2 atom stereocenters. The molecule has 1 amide bonds. The second kappa shape index (κ2) is 12.4. The van der Waals surface area contributed by atoms with E-state index < -0.39 is 30.1 Å². The van der Waals surface area contributed by atoms with Crippen LogP contribution in [-0.4, -0.2) is 42.4 Å². The van der Waals surface area contributed by atoms with Crippen molar-refractivity contribution < 1.29 is 45.3 Å². The van der Waals surface area contributed by atoms with E-state index in [4.69, 9.17) is 17.0 Å². The van der Waals surface area contributed by atoms with E-state index in [0.717, 1.165) is 18.2 Å². The summed E-state index contributed by atoms with van der Waals surface area (Å²) < 4.78 is 89.4. The molecule has 38 heavy (non-hydrogen) atoms. The molecule has 7 nitrogen and oxygen atoms in total. The average Bonchev–Trinajstić information content (AvgIpc) is 3.23. The molecule has 0 bridgehead atoms. The summed E-state index contributed by atoms with van der Waals surface area (Å²) in [5, 5.41) is 8.58. The lowest BCUT2D eigenvalue weighted by Gasteiger charge is -2.19. The molecule has 1 aliphatic carbocycles. The zero-order valence-electron chi connectivity index (χ0n) is 20.0. The van der Waals surface area contributed by atoms with Crippen LogP contribution in [0.25, 0.3) is 0 Å². The van der Waals surface area contributed by atoms with Gasteiger partial charge in [0, 0.05) is 30.8 Å². The van der Waals surface area contributed by atoms with Crippen LogP contribution in [0.3, 0.4) is 0 Å². The molecule has 0 radical (unpaired) electrons. The van der Waals surface area contributed by atoms with E-state index in [2.05, 4.69) is 25.4 Å². The number of anilines is 1. The van der Waals surface area contributed by atoms with Gasteiger partial charge in [0.1, 0.15) is 23.4 Å². The first-order chi connectivity index (χ1) is 17.8. The van der Waals surface area contributed by atoms with Gasteiger partial charge in [-0.15, -0.1) is 26.3 Å². The highest BCUT2D eigenvalue weighted by molar-refractivity contribution is 7.80. The number of thiocarbonyl (C=S) groups is 1. The van der Waals surface area contributed by atoms with Gasteiger partial charge < -0.3 is 30.2 Å². The summed E-state index contributed by atoms with van der Waals surface area (Å²) in [5.41, 5.74) is -0.00634. The second-order valence-corrected chi connectivity index (χ2v) is 8.79. The maximum absolute atomic E-state index is 12.8. The van der Waals surface area contributed by atoms with E-state index >= 15 is 0 Å². The number of hydrogen-bond donors (Lipinski definition) is 3. The third-order valence-corrected chi connectivity index (χ3v) is 5.52. The molecule has 0 saturated heterocycles. The van der Waals surface area contributed by atoms with Crippen molar-refractivity contribution in [1.29, 1.82) is 0 Å². The molecule has 3 N–H and O–H groups in total. The minimum atomic E-state index is -4.97. The van der Waals surface area contributed by atoms with E-state index in [1.54, 1.807) is 6.92 Å². The van der Waals surface area contributed by atoms with E-state index in [0.29, 0.717) is 31.4 Å².